The van der Waals surface area contributed by atoms with Crippen LogP contribution in [0.2, 0.25) is 0 Å². The number of hydrogen-bond acceptors (Lipinski definition) is 4. The Bertz CT molecular complexity index is 820. The Kier molecular flexibility index (Phi) is 3.58. The molecule has 3 aromatic heterocycles. The van der Waals surface area contributed by atoms with E-state index in [-0.39, 0.29) is 11.6 Å². The largest absolute Gasteiger partial charge is 0.465 e. The van der Waals surface area contributed by atoms with Gasteiger partial charge in [0.25, 0.3) is 5.56 Å². The van der Waals surface area contributed by atoms with Crippen molar-refractivity contribution in [3.63, 3.8) is 0 Å². The van der Waals surface area contributed by atoms with Crippen molar-refractivity contribution in [2.45, 2.75) is 26.4 Å². The van der Waals surface area contributed by atoms with Crippen LogP contribution in [-0.2, 0) is 6.54 Å². The Labute approximate surface area is 122 Å². The molecule has 0 spiro atoms. The zero-order valence-corrected chi connectivity index (χ0v) is 12.0. The third-order valence-electron chi connectivity index (χ3n) is 3.40. The summed E-state index contributed by atoms with van der Waals surface area (Å²) in [5, 5.41) is 3.32. The van der Waals surface area contributed by atoms with E-state index in [4.69, 9.17) is 4.42 Å². The Morgan fingerprint density at radius 1 is 1.33 bits per heavy atom. The van der Waals surface area contributed by atoms with Crippen molar-refractivity contribution < 1.29 is 4.42 Å². The van der Waals surface area contributed by atoms with Crippen molar-refractivity contribution in [2.75, 3.05) is 0 Å². The van der Waals surface area contributed by atoms with Crippen LogP contribution in [0.5, 0.6) is 0 Å². The summed E-state index contributed by atoms with van der Waals surface area (Å²) >= 11 is 0. The third kappa shape index (κ3) is 2.87. The Balaban J connectivity index is 1.77. The first kappa shape index (κ1) is 13.6. The minimum atomic E-state index is -0.0705. The van der Waals surface area contributed by atoms with Crippen LogP contribution < -0.4 is 10.9 Å². The highest BCUT2D eigenvalue weighted by Crippen LogP contribution is 2.15. The second-order valence-electron chi connectivity index (χ2n) is 5.07. The Morgan fingerprint density at radius 3 is 2.95 bits per heavy atom. The average molecular weight is 283 g/mol. The minimum absolute atomic E-state index is 0.0646. The lowest BCUT2D eigenvalue weighted by Crippen LogP contribution is -2.21. The van der Waals surface area contributed by atoms with E-state index in [1.807, 2.05) is 44.2 Å². The van der Waals surface area contributed by atoms with Crippen molar-refractivity contribution >= 4 is 5.65 Å². The Hall–Kier alpha value is -2.40. The monoisotopic (exact) mass is 283 g/mol. The molecule has 1 N–H and O–H groups in total. The lowest BCUT2D eigenvalue weighted by atomic mass is 10.2. The van der Waals surface area contributed by atoms with Crippen LogP contribution in [0.3, 0.4) is 0 Å². The van der Waals surface area contributed by atoms with Crippen LogP contribution in [0.15, 0.2) is 51.8 Å². The van der Waals surface area contributed by atoms with E-state index >= 15 is 0 Å². The van der Waals surface area contributed by atoms with Crippen LogP contribution >= 0.6 is 0 Å². The lowest BCUT2D eigenvalue weighted by molar-refractivity contribution is 0.414. The molecule has 0 saturated heterocycles. The van der Waals surface area contributed by atoms with Crippen LogP contribution in [0.1, 0.15) is 30.2 Å². The van der Waals surface area contributed by atoms with Gasteiger partial charge in [-0.3, -0.25) is 9.20 Å². The van der Waals surface area contributed by atoms with Gasteiger partial charge in [0, 0.05) is 18.8 Å². The molecule has 21 heavy (non-hydrogen) atoms. The number of aryl methyl sites for hydroxylation is 1. The number of furan rings is 1. The molecule has 0 aromatic carbocycles. The molecule has 5 heteroatoms. The molecule has 0 amide bonds. The van der Waals surface area contributed by atoms with Gasteiger partial charge in [0.15, 0.2) is 0 Å². The first-order valence-electron chi connectivity index (χ1n) is 6.90. The summed E-state index contributed by atoms with van der Waals surface area (Å²) < 4.78 is 7.11. The molecular formula is C16H17N3O2. The van der Waals surface area contributed by atoms with Crippen molar-refractivity contribution in [3.8, 4) is 0 Å². The standard InChI is InChI=1S/C16H17N3O2/c1-11-6-7-14(21-11)12(2)17-10-13-9-16(20)19-8-4-3-5-15(19)18-13/h3-9,12,17H,10H2,1-2H3. The van der Waals surface area contributed by atoms with Crippen LogP contribution in [0.4, 0.5) is 0 Å². The highest BCUT2D eigenvalue weighted by Gasteiger charge is 2.10. The number of aromatic nitrogens is 2. The minimum Gasteiger partial charge on any atom is -0.465 e. The molecule has 5 nitrogen and oxygen atoms in total. The molecule has 0 aliphatic carbocycles. The Morgan fingerprint density at radius 2 is 2.19 bits per heavy atom. The molecule has 3 aromatic rings. The van der Waals surface area contributed by atoms with Crippen molar-refractivity contribution in [1.29, 1.82) is 0 Å². The first-order chi connectivity index (χ1) is 10.1. The lowest BCUT2D eigenvalue weighted by Gasteiger charge is -2.11. The molecule has 3 rings (SSSR count). The fourth-order valence-corrected chi connectivity index (χ4v) is 2.24. The fourth-order valence-electron chi connectivity index (χ4n) is 2.24. The summed E-state index contributed by atoms with van der Waals surface area (Å²) in [6.45, 7) is 4.45. The number of fused-ring (bicyclic) bond motifs is 1. The number of pyridine rings is 1. The molecule has 0 fully saturated rings. The summed E-state index contributed by atoms with van der Waals surface area (Å²) in [6.07, 6.45) is 1.72. The molecule has 3 heterocycles. The molecule has 0 bridgehead atoms. The van der Waals surface area contributed by atoms with Gasteiger partial charge in [0.2, 0.25) is 0 Å². The van der Waals surface area contributed by atoms with Gasteiger partial charge < -0.3 is 9.73 Å². The molecule has 108 valence electrons. The molecular weight excluding hydrogens is 266 g/mol. The summed E-state index contributed by atoms with van der Waals surface area (Å²) in [7, 11) is 0. The molecule has 0 aliphatic heterocycles. The second-order valence-corrected chi connectivity index (χ2v) is 5.07. The number of rotatable bonds is 4. The number of nitrogens with zero attached hydrogens (tertiary/aromatic N) is 2. The van der Waals surface area contributed by atoms with E-state index in [1.54, 1.807) is 12.3 Å². The van der Waals surface area contributed by atoms with Gasteiger partial charge in [-0.1, -0.05) is 6.07 Å². The molecule has 0 saturated carbocycles. The van der Waals surface area contributed by atoms with E-state index < -0.39 is 0 Å². The average Bonchev–Trinajstić information content (AvgIpc) is 2.91. The normalized spacial score (nSPS) is 12.7. The summed E-state index contributed by atoms with van der Waals surface area (Å²) in [5.74, 6) is 1.77. The quantitative estimate of drug-likeness (QED) is 0.799. The second kappa shape index (κ2) is 5.54. The van der Waals surface area contributed by atoms with Crippen LogP contribution in [0.25, 0.3) is 5.65 Å². The summed E-state index contributed by atoms with van der Waals surface area (Å²) in [4.78, 5) is 16.5. The maximum absolute atomic E-state index is 12.0. The summed E-state index contributed by atoms with van der Waals surface area (Å²) in [5.41, 5.74) is 1.31. The van der Waals surface area contributed by atoms with E-state index in [9.17, 15) is 4.79 Å². The van der Waals surface area contributed by atoms with Gasteiger partial charge in [0.05, 0.1) is 11.7 Å². The van der Waals surface area contributed by atoms with E-state index in [1.165, 1.54) is 4.40 Å². The van der Waals surface area contributed by atoms with E-state index in [2.05, 4.69) is 10.3 Å². The molecule has 0 aliphatic rings. The number of nitrogens with one attached hydrogen (secondary N) is 1. The highest BCUT2D eigenvalue weighted by molar-refractivity contribution is 5.37. The van der Waals surface area contributed by atoms with Crippen LogP contribution in [-0.4, -0.2) is 9.38 Å². The van der Waals surface area contributed by atoms with Crippen LogP contribution in [0, 0.1) is 6.92 Å². The van der Waals surface area contributed by atoms with Crippen molar-refractivity contribution in [2.24, 2.45) is 0 Å². The first-order valence-corrected chi connectivity index (χ1v) is 6.90. The van der Waals surface area contributed by atoms with Gasteiger partial charge in [-0.25, -0.2) is 4.98 Å². The number of hydrogen-bond donors (Lipinski definition) is 1. The third-order valence-corrected chi connectivity index (χ3v) is 3.40. The smallest absolute Gasteiger partial charge is 0.258 e. The van der Waals surface area contributed by atoms with Crippen molar-refractivity contribution in [3.05, 3.63) is 70.2 Å². The van der Waals surface area contributed by atoms with E-state index in [0.29, 0.717) is 12.2 Å². The molecule has 1 atom stereocenters. The van der Waals surface area contributed by atoms with Gasteiger partial charge in [-0.2, -0.15) is 0 Å². The zero-order chi connectivity index (χ0) is 14.8. The summed E-state index contributed by atoms with van der Waals surface area (Å²) in [6, 6.07) is 11.0. The van der Waals surface area contributed by atoms with Gasteiger partial charge >= 0.3 is 0 Å². The molecule has 1 unspecified atom stereocenters. The maximum Gasteiger partial charge on any atom is 0.258 e. The predicted molar refractivity (Wildman–Crippen MR) is 80.2 cm³/mol. The van der Waals surface area contributed by atoms with Gasteiger partial charge in [0.1, 0.15) is 17.2 Å². The molecule has 0 radical (unpaired) electrons. The SMILES string of the molecule is Cc1ccc(C(C)NCc2cc(=O)n3ccccc3n2)o1. The highest BCUT2D eigenvalue weighted by atomic mass is 16.3. The zero-order valence-electron chi connectivity index (χ0n) is 12.0. The van der Waals surface area contributed by atoms with E-state index in [0.717, 1.165) is 17.2 Å². The van der Waals surface area contributed by atoms with Crippen molar-refractivity contribution in [1.82, 2.24) is 14.7 Å². The van der Waals surface area contributed by atoms with Gasteiger partial charge in [-0.05, 0) is 38.1 Å². The maximum atomic E-state index is 12.0. The van der Waals surface area contributed by atoms with Gasteiger partial charge in [-0.15, -0.1) is 0 Å². The predicted octanol–water partition coefficient (Wildman–Crippen LogP) is 2.45. The topological polar surface area (TPSA) is 59.5 Å². The fraction of sp³-hybridized carbons (Fsp3) is 0.250.